The number of rotatable bonds is 1. The highest BCUT2D eigenvalue weighted by atomic mass is 15.1. The molecule has 0 aromatic rings. The van der Waals surface area contributed by atoms with Gasteiger partial charge in [-0.1, -0.05) is 20.8 Å². The number of likely N-dealkylation sites (tertiary alicyclic amines) is 1. The van der Waals surface area contributed by atoms with Crippen molar-refractivity contribution in [3.8, 4) is 0 Å². The van der Waals surface area contributed by atoms with Gasteiger partial charge in [0.2, 0.25) is 0 Å². The molecule has 2 atom stereocenters. The zero-order valence-corrected chi connectivity index (χ0v) is 9.01. The molecular weight excluding hydrogens is 146 g/mol. The van der Waals surface area contributed by atoms with Crippen molar-refractivity contribution >= 4 is 0 Å². The molecular formula is C11H23N. The summed E-state index contributed by atoms with van der Waals surface area (Å²) in [5.74, 6) is 1.76. The van der Waals surface area contributed by atoms with E-state index in [4.69, 9.17) is 0 Å². The molecule has 0 aliphatic carbocycles. The number of nitrogens with zero attached hydrogens (tertiary/aromatic N) is 1. The van der Waals surface area contributed by atoms with Crippen LogP contribution in [-0.4, -0.2) is 24.5 Å². The molecule has 1 heterocycles. The molecule has 0 N–H and O–H groups in total. The molecule has 0 unspecified atom stereocenters. The van der Waals surface area contributed by atoms with E-state index in [9.17, 15) is 0 Å². The Kier molecular flexibility index (Phi) is 3.57. The lowest BCUT2D eigenvalue weighted by molar-refractivity contribution is 0.195. The summed E-state index contributed by atoms with van der Waals surface area (Å²) in [5.41, 5.74) is 0. The molecule has 0 radical (unpaired) electrons. The third kappa shape index (κ3) is 2.48. The molecule has 0 aromatic heterocycles. The molecule has 0 saturated carbocycles. The average Bonchev–Trinajstić information content (AvgIpc) is 2.14. The molecule has 0 bridgehead atoms. The van der Waals surface area contributed by atoms with Crippen LogP contribution in [0, 0.1) is 11.8 Å². The summed E-state index contributed by atoms with van der Waals surface area (Å²) in [6, 6.07) is 0.829. The van der Waals surface area contributed by atoms with Crippen LogP contribution in [0.5, 0.6) is 0 Å². The van der Waals surface area contributed by atoms with E-state index >= 15 is 0 Å². The lowest BCUT2D eigenvalue weighted by atomic mass is 9.96. The second-order valence-electron chi connectivity index (χ2n) is 4.76. The van der Waals surface area contributed by atoms with Gasteiger partial charge < -0.3 is 4.90 Å². The van der Waals surface area contributed by atoms with Gasteiger partial charge in [-0.3, -0.25) is 0 Å². The van der Waals surface area contributed by atoms with Gasteiger partial charge in [-0.25, -0.2) is 0 Å². The molecule has 1 nitrogen and oxygen atoms in total. The van der Waals surface area contributed by atoms with Gasteiger partial charge >= 0.3 is 0 Å². The summed E-state index contributed by atoms with van der Waals surface area (Å²) in [7, 11) is 2.28. The van der Waals surface area contributed by atoms with E-state index in [1.165, 1.54) is 25.8 Å². The Labute approximate surface area is 77.1 Å². The SMILES string of the molecule is CC(C)[C@H]1CC[C@@H](C)CCN1C. The molecule has 1 fully saturated rings. The lowest BCUT2D eigenvalue weighted by Gasteiger charge is -2.28. The molecule has 0 amide bonds. The van der Waals surface area contributed by atoms with Crippen molar-refractivity contribution in [1.82, 2.24) is 4.90 Å². The standard InChI is InChI=1S/C11H23N/c1-9(2)11-6-5-10(3)7-8-12(11)4/h9-11H,5-8H2,1-4H3/t10-,11-/m1/s1. The smallest absolute Gasteiger partial charge is 0.0115 e. The van der Waals surface area contributed by atoms with E-state index in [1.54, 1.807) is 0 Å². The highest BCUT2D eigenvalue weighted by Crippen LogP contribution is 2.24. The minimum absolute atomic E-state index is 0.820. The normalized spacial score (nSPS) is 33.8. The first-order valence-electron chi connectivity index (χ1n) is 5.31. The van der Waals surface area contributed by atoms with E-state index in [1.807, 2.05) is 0 Å². The van der Waals surface area contributed by atoms with Crippen LogP contribution in [0.4, 0.5) is 0 Å². The maximum Gasteiger partial charge on any atom is 0.0115 e. The van der Waals surface area contributed by atoms with Crippen LogP contribution < -0.4 is 0 Å². The zero-order chi connectivity index (χ0) is 9.14. The summed E-state index contributed by atoms with van der Waals surface area (Å²) in [6.07, 6.45) is 4.21. The van der Waals surface area contributed by atoms with E-state index in [0.717, 1.165) is 17.9 Å². The van der Waals surface area contributed by atoms with Crippen molar-refractivity contribution in [2.45, 2.75) is 46.1 Å². The van der Waals surface area contributed by atoms with Gasteiger partial charge in [0.15, 0.2) is 0 Å². The fourth-order valence-electron chi connectivity index (χ4n) is 2.25. The monoisotopic (exact) mass is 169 g/mol. The minimum Gasteiger partial charge on any atom is -0.303 e. The summed E-state index contributed by atoms with van der Waals surface area (Å²) < 4.78 is 0. The first-order valence-corrected chi connectivity index (χ1v) is 5.31. The average molecular weight is 169 g/mol. The van der Waals surface area contributed by atoms with Crippen LogP contribution in [0.15, 0.2) is 0 Å². The highest BCUT2D eigenvalue weighted by molar-refractivity contribution is 4.77. The highest BCUT2D eigenvalue weighted by Gasteiger charge is 2.22. The molecule has 1 rings (SSSR count). The molecule has 1 heteroatoms. The fraction of sp³-hybridized carbons (Fsp3) is 1.00. The van der Waals surface area contributed by atoms with Crippen LogP contribution in [0.25, 0.3) is 0 Å². The van der Waals surface area contributed by atoms with Crippen molar-refractivity contribution in [3.05, 3.63) is 0 Å². The summed E-state index contributed by atoms with van der Waals surface area (Å²) in [4.78, 5) is 2.55. The van der Waals surface area contributed by atoms with Crippen molar-refractivity contribution < 1.29 is 0 Å². The second kappa shape index (κ2) is 4.27. The summed E-state index contributed by atoms with van der Waals surface area (Å²) in [5, 5.41) is 0. The van der Waals surface area contributed by atoms with Crippen LogP contribution >= 0.6 is 0 Å². The molecule has 1 aliphatic rings. The molecule has 1 aliphatic heterocycles. The maximum atomic E-state index is 2.55. The molecule has 12 heavy (non-hydrogen) atoms. The van der Waals surface area contributed by atoms with Gasteiger partial charge in [0.05, 0.1) is 0 Å². The molecule has 0 spiro atoms. The van der Waals surface area contributed by atoms with Gasteiger partial charge in [-0.2, -0.15) is 0 Å². The van der Waals surface area contributed by atoms with Gasteiger partial charge in [0.1, 0.15) is 0 Å². The van der Waals surface area contributed by atoms with Crippen molar-refractivity contribution in [3.63, 3.8) is 0 Å². The fourth-order valence-corrected chi connectivity index (χ4v) is 2.25. The van der Waals surface area contributed by atoms with E-state index in [0.29, 0.717) is 0 Å². The molecule has 1 saturated heterocycles. The van der Waals surface area contributed by atoms with Crippen molar-refractivity contribution in [2.75, 3.05) is 13.6 Å². The summed E-state index contributed by atoms with van der Waals surface area (Å²) >= 11 is 0. The van der Waals surface area contributed by atoms with Crippen molar-refractivity contribution in [1.29, 1.82) is 0 Å². The van der Waals surface area contributed by atoms with Crippen LogP contribution in [0.1, 0.15) is 40.0 Å². The Morgan fingerprint density at radius 2 is 1.83 bits per heavy atom. The van der Waals surface area contributed by atoms with Gasteiger partial charge in [0.25, 0.3) is 0 Å². The zero-order valence-electron chi connectivity index (χ0n) is 9.01. The molecule has 72 valence electrons. The molecule has 0 aromatic carbocycles. The largest absolute Gasteiger partial charge is 0.303 e. The lowest BCUT2D eigenvalue weighted by Crippen LogP contribution is -2.35. The first-order chi connectivity index (χ1) is 5.61. The van der Waals surface area contributed by atoms with Gasteiger partial charge in [-0.05, 0) is 44.7 Å². The Balaban J connectivity index is 2.50. The predicted octanol–water partition coefficient (Wildman–Crippen LogP) is 2.76. The first kappa shape index (κ1) is 10.0. The van der Waals surface area contributed by atoms with Crippen molar-refractivity contribution in [2.24, 2.45) is 11.8 Å². The maximum absolute atomic E-state index is 2.55. The third-order valence-electron chi connectivity index (χ3n) is 3.27. The van der Waals surface area contributed by atoms with E-state index < -0.39 is 0 Å². The second-order valence-corrected chi connectivity index (χ2v) is 4.76. The van der Waals surface area contributed by atoms with Crippen LogP contribution in [-0.2, 0) is 0 Å². The Morgan fingerprint density at radius 1 is 1.17 bits per heavy atom. The topological polar surface area (TPSA) is 3.24 Å². The predicted molar refractivity (Wildman–Crippen MR) is 54.3 cm³/mol. The van der Waals surface area contributed by atoms with Crippen LogP contribution in [0.3, 0.4) is 0 Å². The Bertz CT molecular complexity index is 131. The van der Waals surface area contributed by atoms with E-state index in [2.05, 4.69) is 32.7 Å². The Hall–Kier alpha value is -0.0400. The summed E-state index contributed by atoms with van der Waals surface area (Å²) in [6.45, 7) is 8.37. The Morgan fingerprint density at radius 3 is 2.42 bits per heavy atom. The number of hydrogen-bond acceptors (Lipinski definition) is 1. The minimum atomic E-state index is 0.820. The van der Waals surface area contributed by atoms with Crippen LogP contribution in [0.2, 0.25) is 0 Å². The third-order valence-corrected chi connectivity index (χ3v) is 3.27. The number of hydrogen-bond donors (Lipinski definition) is 0. The van der Waals surface area contributed by atoms with E-state index in [-0.39, 0.29) is 0 Å². The van der Waals surface area contributed by atoms with Gasteiger partial charge in [-0.15, -0.1) is 0 Å². The quantitative estimate of drug-likeness (QED) is 0.583. The van der Waals surface area contributed by atoms with Gasteiger partial charge in [0, 0.05) is 6.04 Å².